The first-order valence-corrected chi connectivity index (χ1v) is 8.61. The summed E-state index contributed by atoms with van der Waals surface area (Å²) in [6, 6.07) is 5.91. The van der Waals surface area contributed by atoms with Gasteiger partial charge in [0.25, 0.3) is 0 Å². The minimum absolute atomic E-state index is 0.100. The van der Waals surface area contributed by atoms with Crippen LogP contribution in [0.25, 0.3) is 11.0 Å². The van der Waals surface area contributed by atoms with Crippen molar-refractivity contribution in [2.75, 3.05) is 6.73 Å². The Balaban J connectivity index is 1.75. The lowest BCUT2D eigenvalue weighted by Crippen LogP contribution is -2.41. The molecule has 0 bridgehead atoms. The molecule has 0 radical (unpaired) electrons. The molecule has 5 nitrogen and oxygen atoms in total. The van der Waals surface area contributed by atoms with Crippen LogP contribution in [0.3, 0.4) is 0 Å². The molecule has 5 heteroatoms. The highest BCUT2D eigenvalue weighted by Gasteiger charge is 2.28. The van der Waals surface area contributed by atoms with E-state index >= 15 is 0 Å². The molecule has 0 saturated heterocycles. The van der Waals surface area contributed by atoms with Gasteiger partial charge in [0.1, 0.15) is 23.6 Å². The smallest absolute Gasteiger partial charge is 0.347 e. The Morgan fingerprint density at radius 1 is 1.21 bits per heavy atom. The molecule has 2 aromatic rings. The molecular formula is C19H21NO4. The average molecular weight is 327 g/mol. The largest absolute Gasteiger partial charge is 0.478 e. The summed E-state index contributed by atoms with van der Waals surface area (Å²) in [5.74, 6) is 0.497. The highest BCUT2D eigenvalue weighted by molar-refractivity contribution is 5.97. The van der Waals surface area contributed by atoms with E-state index in [1.807, 2.05) is 12.1 Å². The van der Waals surface area contributed by atoms with E-state index in [-0.39, 0.29) is 11.3 Å². The number of Topliss-reactive ketones (excluding diaryl/α,β-unsaturated/α-hetero) is 1. The van der Waals surface area contributed by atoms with Gasteiger partial charge in [0.2, 0.25) is 0 Å². The van der Waals surface area contributed by atoms with Gasteiger partial charge in [-0.3, -0.25) is 9.69 Å². The van der Waals surface area contributed by atoms with Crippen molar-refractivity contribution in [1.29, 1.82) is 0 Å². The van der Waals surface area contributed by atoms with E-state index in [1.165, 1.54) is 39.0 Å². The summed E-state index contributed by atoms with van der Waals surface area (Å²) in [5, 5.41) is 0.771. The predicted octanol–water partition coefficient (Wildman–Crippen LogP) is 3.48. The van der Waals surface area contributed by atoms with Crippen LogP contribution in [0.2, 0.25) is 0 Å². The van der Waals surface area contributed by atoms with Crippen molar-refractivity contribution in [1.82, 2.24) is 4.90 Å². The molecule has 126 valence electrons. The molecule has 1 aliphatic heterocycles. The van der Waals surface area contributed by atoms with Crippen LogP contribution >= 0.6 is 0 Å². The second-order valence-corrected chi connectivity index (χ2v) is 6.78. The number of hydrogen-bond donors (Lipinski definition) is 0. The van der Waals surface area contributed by atoms with Crippen LogP contribution in [0.15, 0.2) is 27.4 Å². The van der Waals surface area contributed by atoms with E-state index in [0.29, 0.717) is 18.4 Å². The van der Waals surface area contributed by atoms with Gasteiger partial charge >= 0.3 is 5.63 Å². The average Bonchev–Trinajstić information content (AvgIpc) is 2.61. The molecule has 1 aliphatic carbocycles. The summed E-state index contributed by atoms with van der Waals surface area (Å²) in [6.07, 6.45) is 6.23. The van der Waals surface area contributed by atoms with Crippen molar-refractivity contribution < 1.29 is 13.9 Å². The quantitative estimate of drug-likeness (QED) is 0.624. The Morgan fingerprint density at radius 2 is 2.00 bits per heavy atom. The van der Waals surface area contributed by atoms with Gasteiger partial charge in [-0.1, -0.05) is 19.3 Å². The fourth-order valence-corrected chi connectivity index (χ4v) is 3.84. The molecule has 1 saturated carbocycles. The number of ketones is 1. The second-order valence-electron chi connectivity index (χ2n) is 6.78. The molecule has 0 atom stereocenters. The maximum atomic E-state index is 12.1. The third kappa shape index (κ3) is 2.63. The fraction of sp³-hybridized carbons (Fsp3) is 0.474. The summed E-state index contributed by atoms with van der Waals surface area (Å²) < 4.78 is 11.4. The van der Waals surface area contributed by atoms with Crippen LogP contribution in [0.1, 0.15) is 54.9 Å². The third-order valence-corrected chi connectivity index (χ3v) is 5.18. The molecule has 1 fully saturated rings. The molecule has 1 aromatic heterocycles. The predicted molar refractivity (Wildman–Crippen MR) is 90.4 cm³/mol. The van der Waals surface area contributed by atoms with Crippen molar-refractivity contribution in [2.45, 2.75) is 51.6 Å². The highest BCUT2D eigenvalue weighted by atomic mass is 16.5. The first-order valence-electron chi connectivity index (χ1n) is 8.61. The zero-order chi connectivity index (χ0) is 16.7. The van der Waals surface area contributed by atoms with E-state index in [1.54, 1.807) is 6.07 Å². The van der Waals surface area contributed by atoms with Crippen molar-refractivity contribution in [3.8, 4) is 5.75 Å². The molecule has 0 N–H and O–H groups in total. The molecule has 2 aliphatic rings. The Hall–Kier alpha value is -2.14. The maximum Gasteiger partial charge on any atom is 0.347 e. The minimum atomic E-state index is -0.571. The standard InChI is InChI=1S/C19H21NO4/c1-12(21)15-9-13-7-8-17-16(18(13)24-19(15)22)10-20(11-23-17)14-5-3-2-4-6-14/h7-9,14H,2-6,10-11H2,1H3. The molecular weight excluding hydrogens is 306 g/mol. The van der Waals surface area contributed by atoms with Gasteiger partial charge in [-0.2, -0.15) is 0 Å². The van der Waals surface area contributed by atoms with Crippen LogP contribution in [0, 0.1) is 0 Å². The monoisotopic (exact) mass is 327 g/mol. The van der Waals surface area contributed by atoms with Gasteiger partial charge in [-0.15, -0.1) is 0 Å². The van der Waals surface area contributed by atoms with Gasteiger partial charge in [0.15, 0.2) is 5.78 Å². The van der Waals surface area contributed by atoms with Gasteiger partial charge in [0, 0.05) is 18.0 Å². The summed E-state index contributed by atoms with van der Waals surface area (Å²) in [7, 11) is 0. The van der Waals surface area contributed by atoms with Crippen LogP contribution in [-0.2, 0) is 6.54 Å². The Bertz CT molecular complexity index is 848. The number of hydrogen-bond acceptors (Lipinski definition) is 5. The van der Waals surface area contributed by atoms with Crippen molar-refractivity contribution >= 4 is 16.8 Å². The normalized spacial score (nSPS) is 19.0. The number of benzene rings is 1. The van der Waals surface area contributed by atoms with E-state index < -0.39 is 5.63 Å². The summed E-state index contributed by atoms with van der Waals surface area (Å²) in [4.78, 5) is 26.0. The first-order chi connectivity index (χ1) is 11.6. The number of carbonyl (C=O) groups is 1. The van der Waals surface area contributed by atoms with E-state index in [0.717, 1.165) is 23.2 Å². The number of carbonyl (C=O) groups excluding carboxylic acids is 1. The van der Waals surface area contributed by atoms with Gasteiger partial charge < -0.3 is 9.15 Å². The lowest BCUT2D eigenvalue weighted by molar-refractivity contribution is 0.0406. The minimum Gasteiger partial charge on any atom is -0.478 e. The molecule has 0 amide bonds. The van der Waals surface area contributed by atoms with E-state index in [2.05, 4.69) is 4.90 Å². The molecule has 0 spiro atoms. The Kier molecular flexibility index (Phi) is 3.88. The van der Waals surface area contributed by atoms with Crippen LogP contribution in [0.4, 0.5) is 0 Å². The topological polar surface area (TPSA) is 59.8 Å². The second kappa shape index (κ2) is 6.06. The molecule has 24 heavy (non-hydrogen) atoms. The number of rotatable bonds is 2. The van der Waals surface area contributed by atoms with Gasteiger partial charge in [-0.05, 0) is 38.0 Å². The zero-order valence-corrected chi connectivity index (χ0v) is 13.8. The van der Waals surface area contributed by atoms with Crippen LogP contribution in [-0.4, -0.2) is 23.5 Å². The first kappa shape index (κ1) is 15.4. The summed E-state index contributed by atoms with van der Waals surface area (Å²) in [5.41, 5.74) is 0.987. The number of nitrogens with zero attached hydrogens (tertiary/aromatic N) is 1. The summed E-state index contributed by atoms with van der Waals surface area (Å²) in [6.45, 7) is 2.68. The number of fused-ring (bicyclic) bond motifs is 3. The van der Waals surface area contributed by atoms with Crippen molar-refractivity contribution in [3.63, 3.8) is 0 Å². The lowest BCUT2D eigenvalue weighted by atomic mass is 9.93. The molecule has 4 rings (SSSR count). The Labute approximate surface area is 140 Å². The zero-order valence-electron chi connectivity index (χ0n) is 13.8. The van der Waals surface area contributed by atoms with Gasteiger partial charge in [0.05, 0.1) is 5.56 Å². The SMILES string of the molecule is CC(=O)c1cc2ccc3c(c2oc1=O)CN(C1CCCCC1)CO3. The van der Waals surface area contributed by atoms with E-state index in [4.69, 9.17) is 9.15 Å². The van der Waals surface area contributed by atoms with Crippen molar-refractivity contribution in [2.24, 2.45) is 0 Å². The maximum absolute atomic E-state index is 12.1. The van der Waals surface area contributed by atoms with Gasteiger partial charge in [-0.25, -0.2) is 4.79 Å². The summed E-state index contributed by atoms with van der Waals surface area (Å²) >= 11 is 0. The Morgan fingerprint density at radius 3 is 2.75 bits per heavy atom. The number of ether oxygens (including phenoxy) is 1. The molecule has 1 aromatic carbocycles. The third-order valence-electron chi connectivity index (χ3n) is 5.18. The lowest BCUT2D eigenvalue weighted by Gasteiger charge is -2.37. The van der Waals surface area contributed by atoms with Crippen LogP contribution < -0.4 is 10.4 Å². The van der Waals surface area contributed by atoms with Crippen molar-refractivity contribution in [3.05, 3.63) is 39.7 Å². The highest BCUT2D eigenvalue weighted by Crippen LogP contribution is 2.34. The molecule has 0 unspecified atom stereocenters. The molecule has 2 heterocycles. The van der Waals surface area contributed by atoms with Crippen LogP contribution in [0.5, 0.6) is 5.75 Å². The van der Waals surface area contributed by atoms with E-state index in [9.17, 15) is 9.59 Å². The fourth-order valence-electron chi connectivity index (χ4n) is 3.84.